The number of pyridine rings is 1. The summed E-state index contributed by atoms with van der Waals surface area (Å²) in [6.45, 7) is 1.98. The van der Waals surface area contributed by atoms with Crippen LogP contribution in [0.5, 0.6) is 0 Å². The van der Waals surface area contributed by atoms with E-state index in [2.05, 4.69) is 16.1 Å². The molecule has 4 heteroatoms. The maximum Gasteiger partial charge on any atom is 0.0596 e. The van der Waals surface area contributed by atoms with Gasteiger partial charge in [0.2, 0.25) is 0 Å². The second-order valence-corrected chi connectivity index (χ2v) is 3.97. The number of hydrogen-bond donors (Lipinski definition) is 1. The van der Waals surface area contributed by atoms with Gasteiger partial charge in [0.05, 0.1) is 17.4 Å². The summed E-state index contributed by atoms with van der Waals surface area (Å²) >= 11 is 0. The molecule has 0 aromatic carbocycles. The van der Waals surface area contributed by atoms with E-state index in [1.165, 1.54) is 0 Å². The van der Waals surface area contributed by atoms with Crippen molar-refractivity contribution in [2.75, 3.05) is 0 Å². The lowest BCUT2D eigenvalue weighted by Crippen LogP contribution is -2.16. The van der Waals surface area contributed by atoms with Crippen LogP contribution in [0.15, 0.2) is 30.5 Å². The van der Waals surface area contributed by atoms with E-state index in [-0.39, 0.29) is 6.04 Å². The van der Waals surface area contributed by atoms with Crippen molar-refractivity contribution in [2.24, 2.45) is 12.8 Å². The smallest absolute Gasteiger partial charge is 0.0596 e. The maximum atomic E-state index is 6.10. The molecule has 0 saturated heterocycles. The highest BCUT2D eigenvalue weighted by molar-refractivity contribution is 5.15. The van der Waals surface area contributed by atoms with Crippen molar-refractivity contribution < 1.29 is 0 Å². The summed E-state index contributed by atoms with van der Waals surface area (Å²) in [6.07, 6.45) is 2.53. The minimum atomic E-state index is -0.0731. The molecule has 0 fully saturated rings. The molecule has 0 aliphatic rings. The Bertz CT molecular complexity index is 461. The average Bonchev–Trinajstić information content (AvgIpc) is 2.59. The minimum Gasteiger partial charge on any atom is -0.322 e. The van der Waals surface area contributed by atoms with Gasteiger partial charge in [-0.2, -0.15) is 5.10 Å². The summed E-state index contributed by atoms with van der Waals surface area (Å²) in [7, 11) is 1.94. The third-order valence-electron chi connectivity index (χ3n) is 2.60. The second kappa shape index (κ2) is 4.45. The first-order valence-corrected chi connectivity index (χ1v) is 5.33. The van der Waals surface area contributed by atoms with E-state index in [4.69, 9.17) is 5.73 Å². The zero-order valence-corrected chi connectivity index (χ0v) is 9.59. The van der Waals surface area contributed by atoms with Crippen LogP contribution in [-0.4, -0.2) is 14.8 Å². The molecule has 16 heavy (non-hydrogen) atoms. The van der Waals surface area contributed by atoms with Crippen molar-refractivity contribution in [3.8, 4) is 0 Å². The van der Waals surface area contributed by atoms with Crippen molar-refractivity contribution in [3.05, 3.63) is 47.5 Å². The van der Waals surface area contributed by atoms with Crippen LogP contribution in [0.4, 0.5) is 0 Å². The van der Waals surface area contributed by atoms with Gasteiger partial charge >= 0.3 is 0 Å². The molecule has 4 nitrogen and oxygen atoms in total. The summed E-state index contributed by atoms with van der Waals surface area (Å²) in [4.78, 5) is 4.26. The van der Waals surface area contributed by atoms with E-state index < -0.39 is 0 Å². The summed E-state index contributed by atoms with van der Waals surface area (Å²) in [5, 5.41) is 4.30. The quantitative estimate of drug-likeness (QED) is 0.843. The Kier molecular flexibility index (Phi) is 3.01. The lowest BCUT2D eigenvalue weighted by molar-refractivity contribution is 0.628. The monoisotopic (exact) mass is 216 g/mol. The van der Waals surface area contributed by atoms with Crippen molar-refractivity contribution in [3.63, 3.8) is 0 Å². The highest BCUT2D eigenvalue weighted by atomic mass is 15.3. The van der Waals surface area contributed by atoms with Gasteiger partial charge in [0.25, 0.3) is 0 Å². The fraction of sp³-hybridized carbons (Fsp3) is 0.333. The number of aromatic nitrogens is 3. The molecule has 2 aromatic heterocycles. The third kappa shape index (κ3) is 2.28. The largest absolute Gasteiger partial charge is 0.322 e. The summed E-state index contributed by atoms with van der Waals surface area (Å²) in [5.74, 6) is 0. The van der Waals surface area contributed by atoms with Crippen LogP contribution >= 0.6 is 0 Å². The normalized spacial score (nSPS) is 12.7. The number of aryl methyl sites for hydroxylation is 2. The number of nitrogens with two attached hydrogens (primary N) is 1. The van der Waals surface area contributed by atoms with E-state index in [0.717, 1.165) is 23.5 Å². The van der Waals surface area contributed by atoms with E-state index in [1.54, 1.807) is 6.20 Å². The zero-order valence-electron chi connectivity index (χ0n) is 9.59. The van der Waals surface area contributed by atoms with Crippen molar-refractivity contribution in [1.82, 2.24) is 14.8 Å². The number of hydrogen-bond acceptors (Lipinski definition) is 3. The SMILES string of the molecule is Cc1cc(CC(N)c2ccccn2)n(C)n1. The maximum absolute atomic E-state index is 6.10. The fourth-order valence-electron chi connectivity index (χ4n) is 1.78. The van der Waals surface area contributed by atoms with E-state index in [1.807, 2.05) is 36.9 Å². The molecule has 0 aliphatic heterocycles. The molecule has 1 unspecified atom stereocenters. The second-order valence-electron chi connectivity index (χ2n) is 3.97. The molecule has 0 radical (unpaired) electrons. The molecule has 2 aromatic rings. The standard InChI is InChI=1S/C12H16N4/c1-9-7-10(16(2)15-9)8-11(13)12-5-3-4-6-14-12/h3-7,11H,8,13H2,1-2H3. The Hall–Kier alpha value is -1.68. The van der Waals surface area contributed by atoms with Crippen molar-refractivity contribution >= 4 is 0 Å². The van der Waals surface area contributed by atoms with E-state index in [0.29, 0.717) is 0 Å². The molecule has 0 aliphatic carbocycles. The Labute approximate surface area is 95.1 Å². The van der Waals surface area contributed by atoms with E-state index in [9.17, 15) is 0 Å². The molecule has 1 atom stereocenters. The van der Waals surface area contributed by atoms with Crippen LogP contribution in [0.1, 0.15) is 23.1 Å². The first-order valence-electron chi connectivity index (χ1n) is 5.33. The molecule has 0 spiro atoms. The molecule has 2 N–H and O–H groups in total. The van der Waals surface area contributed by atoms with Crippen LogP contribution in [0.2, 0.25) is 0 Å². The lowest BCUT2D eigenvalue weighted by atomic mass is 10.1. The van der Waals surface area contributed by atoms with Gasteiger partial charge in [0, 0.05) is 25.4 Å². The van der Waals surface area contributed by atoms with Gasteiger partial charge in [-0.1, -0.05) is 6.07 Å². The van der Waals surface area contributed by atoms with Gasteiger partial charge in [-0.05, 0) is 25.1 Å². The van der Waals surface area contributed by atoms with Crippen LogP contribution in [0, 0.1) is 6.92 Å². The van der Waals surface area contributed by atoms with Gasteiger partial charge in [-0.3, -0.25) is 9.67 Å². The fourth-order valence-corrected chi connectivity index (χ4v) is 1.78. The predicted octanol–water partition coefficient (Wildman–Crippen LogP) is 1.37. The number of rotatable bonds is 3. The molecule has 0 amide bonds. The van der Waals surface area contributed by atoms with Crippen molar-refractivity contribution in [1.29, 1.82) is 0 Å². The molecule has 2 heterocycles. The average molecular weight is 216 g/mol. The number of nitrogens with zero attached hydrogens (tertiary/aromatic N) is 3. The van der Waals surface area contributed by atoms with Gasteiger partial charge in [-0.15, -0.1) is 0 Å². The Morgan fingerprint density at radius 3 is 2.81 bits per heavy atom. The highest BCUT2D eigenvalue weighted by Crippen LogP contribution is 2.13. The van der Waals surface area contributed by atoms with Crippen LogP contribution in [0.25, 0.3) is 0 Å². The van der Waals surface area contributed by atoms with Crippen molar-refractivity contribution in [2.45, 2.75) is 19.4 Å². The first kappa shape index (κ1) is 10.8. The third-order valence-corrected chi connectivity index (χ3v) is 2.60. The van der Waals surface area contributed by atoms with Gasteiger partial charge in [-0.25, -0.2) is 0 Å². The zero-order chi connectivity index (χ0) is 11.5. The Morgan fingerprint density at radius 1 is 1.44 bits per heavy atom. The molecule has 0 bridgehead atoms. The topological polar surface area (TPSA) is 56.7 Å². The van der Waals surface area contributed by atoms with Crippen LogP contribution in [-0.2, 0) is 13.5 Å². The summed E-state index contributed by atoms with van der Waals surface area (Å²) in [5.41, 5.74) is 9.17. The van der Waals surface area contributed by atoms with Gasteiger partial charge in [0.15, 0.2) is 0 Å². The molecule has 0 saturated carbocycles. The Morgan fingerprint density at radius 2 is 2.25 bits per heavy atom. The van der Waals surface area contributed by atoms with E-state index >= 15 is 0 Å². The van der Waals surface area contributed by atoms with Gasteiger partial charge in [0.1, 0.15) is 0 Å². The predicted molar refractivity (Wildman–Crippen MR) is 62.8 cm³/mol. The molecule has 84 valence electrons. The summed E-state index contributed by atoms with van der Waals surface area (Å²) in [6, 6.07) is 7.79. The van der Waals surface area contributed by atoms with Crippen LogP contribution < -0.4 is 5.73 Å². The lowest BCUT2D eigenvalue weighted by Gasteiger charge is -2.10. The molecule has 2 rings (SSSR count). The molecular weight excluding hydrogens is 200 g/mol. The summed E-state index contributed by atoms with van der Waals surface area (Å²) < 4.78 is 1.87. The molecular formula is C12H16N4. The highest BCUT2D eigenvalue weighted by Gasteiger charge is 2.11. The van der Waals surface area contributed by atoms with Crippen LogP contribution in [0.3, 0.4) is 0 Å². The minimum absolute atomic E-state index is 0.0731. The van der Waals surface area contributed by atoms with Gasteiger partial charge < -0.3 is 5.73 Å². The first-order chi connectivity index (χ1) is 7.66. The Balaban J connectivity index is 2.14.